The largest absolute Gasteiger partial charge is 0.310 e. The van der Waals surface area contributed by atoms with E-state index in [1.165, 1.54) is 64.6 Å². The Labute approximate surface area is 131 Å². The minimum Gasteiger partial charge on any atom is -0.310 e. The first kappa shape index (κ1) is 14.5. The van der Waals surface area contributed by atoms with Gasteiger partial charge in [0.1, 0.15) is 0 Å². The van der Waals surface area contributed by atoms with Crippen LogP contribution in [0.1, 0.15) is 71.1 Å². The zero-order chi connectivity index (χ0) is 14.3. The van der Waals surface area contributed by atoms with Crippen molar-refractivity contribution in [3.05, 3.63) is 0 Å². The molecule has 0 aromatic heterocycles. The lowest BCUT2D eigenvalue weighted by molar-refractivity contribution is 0.0849. The number of nitrogens with zero attached hydrogens (tertiary/aromatic N) is 1. The van der Waals surface area contributed by atoms with Crippen LogP contribution >= 0.6 is 0 Å². The Kier molecular flexibility index (Phi) is 4.04. The molecule has 2 heteroatoms. The molecule has 4 atom stereocenters. The van der Waals surface area contributed by atoms with Crippen LogP contribution in [0.2, 0.25) is 0 Å². The molecule has 1 heterocycles. The third-order valence-corrected chi connectivity index (χ3v) is 7.43. The Morgan fingerprint density at radius 1 is 1.05 bits per heavy atom. The van der Waals surface area contributed by atoms with E-state index >= 15 is 0 Å². The maximum absolute atomic E-state index is 3.96. The highest BCUT2D eigenvalue weighted by molar-refractivity contribution is 4.99. The van der Waals surface area contributed by atoms with Crippen molar-refractivity contribution in [2.45, 2.75) is 82.7 Å². The van der Waals surface area contributed by atoms with Gasteiger partial charge >= 0.3 is 0 Å². The summed E-state index contributed by atoms with van der Waals surface area (Å²) in [5.74, 6) is 3.18. The predicted molar refractivity (Wildman–Crippen MR) is 88.4 cm³/mol. The Hall–Kier alpha value is -0.0800. The molecule has 0 amide bonds. The lowest BCUT2D eigenvalue weighted by Crippen LogP contribution is -2.55. The summed E-state index contributed by atoms with van der Waals surface area (Å²) in [6, 6.07) is 0.832. The Morgan fingerprint density at radius 3 is 2.62 bits per heavy atom. The number of nitrogens with one attached hydrogen (secondary N) is 1. The van der Waals surface area contributed by atoms with E-state index in [0.29, 0.717) is 5.54 Å². The second kappa shape index (κ2) is 5.85. The molecule has 0 aromatic rings. The number of hydrogen-bond donors (Lipinski definition) is 1. The maximum Gasteiger partial charge on any atom is 0.0308 e. The summed E-state index contributed by atoms with van der Waals surface area (Å²) in [7, 11) is 0. The average Bonchev–Trinajstić information content (AvgIpc) is 3.08. The van der Waals surface area contributed by atoms with Crippen LogP contribution in [0.3, 0.4) is 0 Å². The van der Waals surface area contributed by atoms with Gasteiger partial charge in [-0.15, -0.1) is 0 Å². The normalized spacial score (nSPS) is 41.3. The van der Waals surface area contributed by atoms with Crippen LogP contribution in [0.4, 0.5) is 0 Å². The minimum absolute atomic E-state index is 0.473. The zero-order valence-corrected chi connectivity index (χ0v) is 13.9. The Balaban J connectivity index is 1.45. The van der Waals surface area contributed by atoms with Gasteiger partial charge in [-0.3, -0.25) is 4.90 Å². The van der Waals surface area contributed by atoms with E-state index in [-0.39, 0.29) is 0 Å². The maximum atomic E-state index is 3.96. The first-order valence-corrected chi connectivity index (χ1v) is 9.75. The van der Waals surface area contributed by atoms with Gasteiger partial charge in [-0.2, -0.15) is 0 Å². The molecular weight excluding hydrogens is 256 g/mol. The average molecular weight is 290 g/mol. The zero-order valence-electron chi connectivity index (χ0n) is 13.9. The van der Waals surface area contributed by atoms with Crippen LogP contribution in [0.25, 0.3) is 0 Å². The number of rotatable bonds is 2. The molecule has 1 aliphatic heterocycles. The summed E-state index contributed by atoms with van der Waals surface area (Å²) in [6.45, 7) is 6.49. The van der Waals surface area contributed by atoms with Crippen LogP contribution in [0.15, 0.2) is 0 Å². The molecule has 4 rings (SSSR count). The summed E-state index contributed by atoms with van der Waals surface area (Å²) in [5, 5.41) is 3.96. The molecule has 3 saturated carbocycles. The number of fused-ring (bicyclic) bond motifs is 2. The lowest BCUT2D eigenvalue weighted by atomic mass is 9.79. The summed E-state index contributed by atoms with van der Waals surface area (Å²) >= 11 is 0. The number of hydrogen-bond acceptors (Lipinski definition) is 2. The van der Waals surface area contributed by atoms with E-state index in [9.17, 15) is 0 Å². The smallest absolute Gasteiger partial charge is 0.0308 e. The molecule has 4 aliphatic rings. The van der Waals surface area contributed by atoms with Crippen molar-refractivity contribution in [3.8, 4) is 0 Å². The molecule has 1 saturated heterocycles. The fraction of sp³-hybridized carbons (Fsp3) is 1.00. The molecule has 1 spiro atoms. The minimum atomic E-state index is 0.473. The van der Waals surface area contributed by atoms with Crippen LogP contribution < -0.4 is 5.32 Å². The van der Waals surface area contributed by atoms with Gasteiger partial charge in [-0.25, -0.2) is 0 Å². The molecule has 1 N–H and O–H groups in total. The molecule has 0 radical (unpaired) electrons. The predicted octanol–water partition coefficient (Wildman–Crippen LogP) is 3.81. The molecular formula is C19H34N2. The van der Waals surface area contributed by atoms with Crippen molar-refractivity contribution in [3.63, 3.8) is 0 Å². The topological polar surface area (TPSA) is 15.3 Å². The van der Waals surface area contributed by atoms with E-state index < -0.39 is 0 Å². The molecule has 2 bridgehead atoms. The van der Waals surface area contributed by atoms with E-state index in [4.69, 9.17) is 0 Å². The van der Waals surface area contributed by atoms with Crippen LogP contribution in [0.5, 0.6) is 0 Å². The highest BCUT2D eigenvalue weighted by Gasteiger charge is 2.44. The first-order chi connectivity index (χ1) is 10.3. The van der Waals surface area contributed by atoms with Crippen molar-refractivity contribution in [2.75, 3.05) is 19.6 Å². The van der Waals surface area contributed by atoms with E-state index in [1.54, 1.807) is 19.3 Å². The molecule has 0 aromatic carbocycles. The first-order valence-electron chi connectivity index (χ1n) is 9.75. The van der Waals surface area contributed by atoms with Crippen LogP contribution in [0, 0.1) is 17.8 Å². The second-order valence-corrected chi connectivity index (χ2v) is 8.67. The van der Waals surface area contributed by atoms with Crippen molar-refractivity contribution >= 4 is 0 Å². The van der Waals surface area contributed by atoms with Crippen molar-refractivity contribution in [2.24, 2.45) is 17.8 Å². The van der Waals surface area contributed by atoms with Crippen LogP contribution in [-0.2, 0) is 0 Å². The third kappa shape index (κ3) is 2.79. The second-order valence-electron chi connectivity index (χ2n) is 8.67. The van der Waals surface area contributed by atoms with Gasteiger partial charge < -0.3 is 5.32 Å². The SMILES string of the molecule is CC(C1CC2CCC1C2)N1CCCNC2(CCCCC2)C1. The van der Waals surface area contributed by atoms with E-state index in [0.717, 1.165) is 23.8 Å². The van der Waals surface area contributed by atoms with E-state index in [1.807, 2.05) is 0 Å². The quantitative estimate of drug-likeness (QED) is 0.832. The van der Waals surface area contributed by atoms with Gasteiger partial charge in [0.25, 0.3) is 0 Å². The fourth-order valence-electron chi connectivity index (χ4n) is 6.23. The monoisotopic (exact) mass is 290 g/mol. The van der Waals surface area contributed by atoms with Crippen molar-refractivity contribution < 1.29 is 0 Å². The fourth-order valence-corrected chi connectivity index (χ4v) is 6.23. The van der Waals surface area contributed by atoms with Gasteiger partial charge in [-0.05, 0) is 76.3 Å². The van der Waals surface area contributed by atoms with E-state index in [2.05, 4.69) is 17.1 Å². The van der Waals surface area contributed by atoms with Crippen molar-refractivity contribution in [1.82, 2.24) is 10.2 Å². The summed E-state index contributed by atoms with van der Waals surface area (Å²) in [6.07, 6.45) is 14.7. The standard InChI is InChI=1S/C19H34N2/c1-15(18-13-16-6-7-17(18)12-16)21-11-5-10-20-19(14-21)8-3-2-4-9-19/h15-18,20H,2-14H2,1H3. The van der Waals surface area contributed by atoms with Gasteiger partial charge in [0.05, 0.1) is 0 Å². The Bertz CT molecular complexity index is 361. The van der Waals surface area contributed by atoms with Gasteiger partial charge in [-0.1, -0.05) is 25.7 Å². The molecule has 4 fully saturated rings. The molecule has 3 aliphatic carbocycles. The third-order valence-electron chi connectivity index (χ3n) is 7.43. The highest BCUT2D eigenvalue weighted by atomic mass is 15.2. The molecule has 4 unspecified atom stereocenters. The lowest BCUT2D eigenvalue weighted by Gasteiger charge is -2.44. The molecule has 21 heavy (non-hydrogen) atoms. The van der Waals surface area contributed by atoms with Gasteiger partial charge in [0, 0.05) is 18.1 Å². The summed E-state index contributed by atoms with van der Waals surface area (Å²) in [4.78, 5) is 2.90. The Morgan fingerprint density at radius 2 is 1.90 bits per heavy atom. The molecule has 120 valence electrons. The molecule has 2 nitrogen and oxygen atoms in total. The highest BCUT2D eigenvalue weighted by Crippen LogP contribution is 2.50. The van der Waals surface area contributed by atoms with Crippen molar-refractivity contribution in [1.29, 1.82) is 0 Å². The summed E-state index contributed by atoms with van der Waals surface area (Å²) < 4.78 is 0. The van der Waals surface area contributed by atoms with Gasteiger partial charge in [0.2, 0.25) is 0 Å². The van der Waals surface area contributed by atoms with Crippen LogP contribution in [-0.4, -0.2) is 36.1 Å². The summed E-state index contributed by atoms with van der Waals surface area (Å²) in [5.41, 5.74) is 0.473. The van der Waals surface area contributed by atoms with Gasteiger partial charge in [0.15, 0.2) is 0 Å².